The molecule has 0 aliphatic carbocycles. The minimum absolute atomic E-state index is 0.0141. The van der Waals surface area contributed by atoms with Crippen molar-refractivity contribution in [2.75, 3.05) is 26.5 Å². The Hall–Kier alpha value is -4.34. The van der Waals surface area contributed by atoms with Gasteiger partial charge in [-0.3, -0.25) is 15.6 Å². The van der Waals surface area contributed by atoms with E-state index >= 15 is 0 Å². The predicted molar refractivity (Wildman–Crippen MR) is 201 cm³/mol. The summed E-state index contributed by atoms with van der Waals surface area (Å²) in [5, 5.41) is 19.4. The van der Waals surface area contributed by atoms with Gasteiger partial charge in [-0.15, -0.1) is 0 Å². The van der Waals surface area contributed by atoms with E-state index in [4.69, 9.17) is 29.2 Å². The van der Waals surface area contributed by atoms with Gasteiger partial charge in [0.05, 0.1) is 12.3 Å². The van der Waals surface area contributed by atoms with Crippen molar-refractivity contribution in [2.24, 2.45) is 10.2 Å². The maximum Gasteiger partial charge on any atom is 0.187 e. The highest BCUT2D eigenvalue weighted by Gasteiger charge is 2.45. The number of hydrazone groups is 2. The van der Waals surface area contributed by atoms with Crippen LogP contribution in [-0.2, 0) is 4.74 Å². The Kier molecular flexibility index (Phi) is 13.0. The molecule has 4 N–H and O–H groups in total. The third kappa shape index (κ3) is 9.11. The second-order valence-corrected chi connectivity index (χ2v) is 14.4. The van der Waals surface area contributed by atoms with Crippen molar-refractivity contribution >= 4 is 75.0 Å². The summed E-state index contributed by atoms with van der Waals surface area (Å²) in [6.45, 7) is 4.27. The van der Waals surface area contributed by atoms with E-state index in [9.17, 15) is 4.79 Å². The van der Waals surface area contributed by atoms with Crippen LogP contribution in [-0.4, -0.2) is 54.0 Å². The van der Waals surface area contributed by atoms with E-state index in [-0.39, 0.29) is 5.78 Å². The Bertz CT molecular complexity index is 1570. The second kappa shape index (κ2) is 17.4. The topological polar surface area (TPSA) is 99.1 Å². The molecular weight excluding hydrogens is 632 g/mol. The molecule has 0 bridgehead atoms. The number of carbonyl (C=O) groups excluding carboxylic acids is 1. The van der Waals surface area contributed by atoms with Crippen LogP contribution in [0.5, 0.6) is 0 Å². The number of ether oxygens (including phenoxy) is 1. The lowest BCUT2D eigenvalue weighted by Gasteiger charge is -2.27. The molecular formula is C35H38N6O2PS2+. The fourth-order valence-corrected chi connectivity index (χ4v) is 8.74. The molecule has 0 amide bonds. The lowest BCUT2D eigenvalue weighted by atomic mass is 10.0. The molecule has 0 atom stereocenters. The number of benzene rings is 4. The zero-order valence-electron chi connectivity index (χ0n) is 26.1. The lowest BCUT2D eigenvalue weighted by molar-refractivity contribution is 0.101. The summed E-state index contributed by atoms with van der Waals surface area (Å²) < 4.78 is 6.42. The lowest BCUT2D eigenvalue weighted by Crippen LogP contribution is -2.37. The quantitative estimate of drug-likeness (QED) is 0.0413. The van der Waals surface area contributed by atoms with Gasteiger partial charge in [0.1, 0.15) is 28.9 Å². The van der Waals surface area contributed by atoms with E-state index in [1.807, 2.05) is 30.3 Å². The number of hydrogen-bond donors (Lipinski definition) is 4. The molecule has 0 saturated carbocycles. The number of nitrogens with one attached hydrogen (secondary N) is 4. The Labute approximate surface area is 282 Å². The van der Waals surface area contributed by atoms with Crippen molar-refractivity contribution < 1.29 is 9.53 Å². The Morgan fingerprint density at radius 2 is 1.17 bits per heavy atom. The summed E-state index contributed by atoms with van der Waals surface area (Å²) in [5.74, 6) is -0.0141. The number of ketones is 1. The summed E-state index contributed by atoms with van der Waals surface area (Å²) in [6.07, 6.45) is 0.549. The van der Waals surface area contributed by atoms with Crippen LogP contribution < -0.4 is 37.4 Å². The first-order valence-corrected chi connectivity index (χ1v) is 17.5. The van der Waals surface area contributed by atoms with Crippen molar-refractivity contribution in [1.29, 1.82) is 0 Å². The van der Waals surface area contributed by atoms with Gasteiger partial charge in [-0.05, 0) is 74.7 Å². The zero-order valence-corrected chi connectivity index (χ0v) is 28.6. The summed E-state index contributed by atoms with van der Waals surface area (Å²) >= 11 is 10.7. The third-order valence-electron chi connectivity index (χ3n) is 7.14. The fraction of sp³-hybridized carbons (Fsp3) is 0.171. The first-order valence-electron chi connectivity index (χ1n) is 14.7. The molecule has 4 rings (SSSR count). The molecule has 11 heteroatoms. The van der Waals surface area contributed by atoms with Gasteiger partial charge in [-0.2, -0.15) is 10.2 Å². The average Bonchev–Trinajstić information content (AvgIpc) is 3.10. The van der Waals surface area contributed by atoms with E-state index < -0.39 is 7.26 Å². The number of hydrogen-bond acceptors (Lipinski definition) is 6. The Morgan fingerprint density at radius 1 is 0.696 bits per heavy atom. The normalized spacial score (nSPS) is 11.8. The first kappa shape index (κ1) is 34.5. The number of thiocarbonyl (C=S) groups is 2. The highest BCUT2D eigenvalue weighted by atomic mass is 32.1. The SMILES string of the molecule is CNC(=S)NN=C(C(C)=NNC(=S)NCCOC[P+](c1ccccc1)(c1ccccc1)c1ccccc1)c1ccc(C(C)=O)cc1. The molecule has 0 unspecified atom stereocenters. The van der Waals surface area contributed by atoms with Gasteiger partial charge in [0.15, 0.2) is 22.4 Å². The van der Waals surface area contributed by atoms with Gasteiger partial charge >= 0.3 is 0 Å². The molecule has 46 heavy (non-hydrogen) atoms. The molecule has 0 fully saturated rings. The Balaban J connectivity index is 1.41. The molecule has 0 aliphatic heterocycles. The van der Waals surface area contributed by atoms with Crippen LogP contribution in [0.4, 0.5) is 0 Å². The van der Waals surface area contributed by atoms with Gasteiger partial charge in [-0.25, -0.2) is 0 Å². The molecule has 0 radical (unpaired) electrons. The van der Waals surface area contributed by atoms with Crippen molar-refractivity contribution in [3.8, 4) is 0 Å². The largest absolute Gasteiger partial charge is 0.364 e. The summed E-state index contributed by atoms with van der Waals surface area (Å²) in [4.78, 5) is 11.7. The van der Waals surface area contributed by atoms with Gasteiger partial charge < -0.3 is 15.4 Å². The second-order valence-electron chi connectivity index (χ2n) is 10.2. The highest BCUT2D eigenvalue weighted by molar-refractivity contribution is 7.95. The van der Waals surface area contributed by atoms with E-state index in [0.29, 0.717) is 46.7 Å². The summed E-state index contributed by atoms with van der Waals surface area (Å²) in [6, 6.07) is 39.0. The van der Waals surface area contributed by atoms with E-state index in [2.05, 4.69) is 104 Å². The zero-order chi connectivity index (χ0) is 32.8. The van der Waals surface area contributed by atoms with Crippen LogP contribution in [0, 0.1) is 0 Å². The molecule has 0 aliphatic rings. The minimum Gasteiger partial charge on any atom is -0.364 e. The van der Waals surface area contributed by atoms with Crippen LogP contribution in [0.25, 0.3) is 0 Å². The molecule has 4 aromatic carbocycles. The minimum atomic E-state index is -2.08. The van der Waals surface area contributed by atoms with Crippen LogP contribution in [0.3, 0.4) is 0 Å². The van der Waals surface area contributed by atoms with Gasteiger partial charge in [0.2, 0.25) is 0 Å². The molecule has 4 aromatic rings. The van der Waals surface area contributed by atoms with Crippen LogP contribution in [0.15, 0.2) is 125 Å². The molecule has 236 valence electrons. The smallest absolute Gasteiger partial charge is 0.187 e. The van der Waals surface area contributed by atoms with Crippen LogP contribution in [0.2, 0.25) is 0 Å². The number of nitrogens with zero attached hydrogens (tertiary/aromatic N) is 2. The molecule has 0 heterocycles. The van der Waals surface area contributed by atoms with Crippen molar-refractivity contribution in [3.63, 3.8) is 0 Å². The van der Waals surface area contributed by atoms with Crippen molar-refractivity contribution in [1.82, 2.24) is 21.5 Å². The fourth-order valence-electron chi connectivity index (χ4n) is 4.76. The van der Waals surface area contributed by atoms with Crippen molar-refractivity contribution in [3.05, 3.63) is 126 Å². The monoisotopic (exact) mass is 669 g/mol. The molecule has 0 saturated heterocycles. The standard InChI is InChI=1S/C35H37N6O2PS2/c1-26(33(39-40-34(45)36-3)29-21-19-28(20-22-29)27(2)42)38-41-35(46)37-23-24-43-25-44(30-13-7-4-8-14-30,31-15-9-5-10-16-31)32-17-11-6-12-18-32/h4-22H,23-25H2,1-3H3,(H3-,36,37,38,39,40,41,42,45,46)/p+1. The van der Waals surface area contributed by atoms with Crippen LogP contribution in [0.1, 0.15) is 29.8 Å². The van der Waals surface area contributed by atoms with E-state index in [0.717, 1.165) is 5.56 Å². The maximum absolute atomic E-state index is 11.7. The summed E-state index contributed by atoms with van der Waals surface area (Å²) in [5.41, 5.74) is 8.16. The van der Waals surface area contributed by atoms with Gasteiger partial charge in [0, 0.05) is 24.7 Å². The summed E-state index contributed by atoms with van der Waals surface area (Å²) in [7, 11) is -0.377. The maximum atomic E-state index is 11.7. The van der Waals surface area contributed by atoms with Gasteiger partial charge in [-0.1, -0.05) is 78.9 Å². The number of carbonyl (C=O) groups is 1. The first-order chi connectivity index (χ1) is 22.3. The Morgan fingerprint density at radius 3 is 1.65 bits per heavy atom. The van der Waals surface area contributed by atoms with Crippen molar-refractivity contribution in [2.45, 2.75) is 13.8 Å². The molecule has 8 nitrogen and oxygen atoms in total. The van der Waals surface area contributed by atoms with E-state index in [1.165, 1.54) is 22.8 Å². The number of rotatable bonds is 13. The molecule has 0 spiro atoms. The average molecular weight is 670 g/mol. The van der Waals surface area contributed by atoms with E-state index in [1.54, 1.807) is 26.1 Å². The highest BCUT2D eigenvalue weighted by Crippen LogP contribution is 2.55. The van der Waals surface area contributed by atoms with Crippen LogP contribution >= 0.6 is 31.7 Å². The molecule has 0 aromatic heterocycles. The predicted octanol–water partition coefficient (Wildman–Crippen LogP) is 4.50. The number of Topliss-reactive ketones (excluding diaryl/α,β-unsaturated/α-hetero) is 1. The van der Waals surface area contributed by atoms with Gasteiger partial charge in [0.25, 0.3) is 0 Å². The third-order valence-corrected chi connectivity index (χ3v) is 11.8.